The second-order valence-corrected chi connectivity index (χ2v) is 14.4. The van der Waals surface area contributed by atoms with E-state index in [2.05, 4.69) is 5.32 Å². The number of halogens is 1. The molecule has 1 fully saturated rings. The average Bonchev–Trinajstić information content (AvgIpc) is 3.34. The number of furan rings is 1. The quantitative estimate of drug-likeness (QED) is 0.318. The number of aryl methyl sites for hydroxylation is 1. The SMILES string of the molecule is CNC(=O)c1c(-c2ccc(F)cc2)oc2cc(N(C)S(C)(=O)=O)c(C3CCCN(S(=O)(=O)c4ccccc4C)C3)cc12. The standard InChI is InChI=1S/C30H32FN3O6S2/c1-19-8-5-6-10-27(19)42(38,39)34-15-7-9-21(18-34)23-16-24-26(17-25(23)33(3)41(4,36)37)40-29(28(24)30(35)32-2)20-11-13-22(31)14-12-20/h5-6,8,10-14,16-17,21H,7,9,15,18H2,1-4H3,(H,32,35). The zero-order valence-electron chi connectivity index (χ0n) is 23.7. The third-order valence-electron chi connectivity index (χ3n) is 7.77. The van der Waals surface area contributed by atoms with E-state index in [1.54, 1.807) is 43.3 Å². The zero-order valence-corrected chi connectivity index (χ0v) is 25.4. The first-order valence-corrected chi connectivity index (χ1v) is 16.7. The van der Waals surface area contributed by atoms with Crippen molar-refractivity contribution >= 4 is 42.6 Å². The van der Waals surface area contributed by atoms with Gasteiger partial charge in [-0.2, -0.15) is 4.31 Å². The van der Waals surface area contributed by atoms with Gasteiger partial charge in [-0.1, -0.05) is 18.2 Å². The second-order valence-electron chi connectivity index (χ2n) is 10.5. The van der Waals surface area contributed by atoms with Crippen LogP contribution < -0.4 is 9.62 Å². The fourth-order valence-electron chi connectivity index (χ4n) is 5.48. The number of nitrogens with zero attached hydrogens (tertiary/aromatic N) is 2. The highest BCUT2D eigenvalue weighted by atomic mass is 32.2. The summed E-state index contributed by atoms with van der Waals surface area (Å²) in [6, 6.07) is 15.6. The van der Waals surface area contributed by atoms with E-state index in [9.17, 15) is 26.0 Å². The van der Waals surface area contributed by atoms with E-state index < -0.39 is 31.8 Å². The van der Waals surface area contributed by atoms with Gasteiger partial charge >= 0.3 is 0 Å². The number of carbonyl (C=O) groups excluding carboxylic acids is 1. The van der Waals surface area contributed by atoms with Crippen LogP contribution in [-0.2, 0) is 20.0 Å². The maximum Gasteiger partial charge on any atom is 0.255 e. The Kier molecular flexibility index (Phi) is 7.90. The molecule has 0 aliphatic carbocycles. The Balaban J connectivity index is 1.69. The first-order chi connectivity index (χ1) is 19.8. The second kappa shape index (κ2) is 11.2. The summed E-state index contributed by atoms with van der Waals surface area (Å²) in [5.74, 6) is -1.04. The van der Waals surface area contributed by atoms with Crippen LogP contribution in [-0.4, -0.2) is 60.5 Å². The molecule has 3 aromatic carbocycles. The van der Waals surface area contributed by atoms with Gasteiger partial charge in [0, 0.05) is 44.2 Å². The van der Waals surface area contributed by atoms with E-state index in [-0.39, 0.29) is 34.3 Å². The predicted molar refractivity (Wildman–Crippen MR) is 160 cm³/mol. The van der Waals surface area contributed by atoms with E-state index >= 15 is 0 Å². The largest absolute Gasteiger partial charge is 0.455 e. The van der Waals surface area contributed by atoms with E-state index in [4.69, 9.17) is 4.42 Å². The highest BCUT2D eigenvalue weighted by Gasteiger charge is 2.34. The monoisotopic (exact) mass is 613 g/mol. The van der Waals surface area contributed by atoms with Crippen molar-refractivity contribution in [2.45, 2.75) is 30.6 Å². The van der Waals surface area contributed by atoms with Gasteiger partial charge in [-0.15, -0.1) is 0 Å². The molecular formula is C30H32FN3O6S2. The van der Waals surface area contributed by atoms with E-state index in [0.29, 0.717) is 47.2 Å². The molecule has 1 aromatic heterocycles. The predicted octanol–water partition coefficient (Wildman–Crippen LogP) is 4.87. The fourth-order valence-corrected chi connectivity index (χ4v) is 7.75. The Morgan fingerprint density at radius 1 is 1.07 bits per heavy atom. The van der Waals surface area contributed by atoms with Crippen LogP contribution in [0.25, 0.3) is 22.3 Å². The number of amides is 1. The summed E-state index contributed by atoms with van der Waals surface area (Å²) in [5.41, 5.74) is 2.50. The minimum Gasteiger partial charge on any atom is -0.455 e. The molecule has 0 bridgehead atoms. The molecule has 0 saturated carbocycles. The van der Waals surface area contributed by atoms with Crippen LogP contribution in [0, 0.1) is 12.7 Å². The zero-order chi connectivity index (χ0) is 30.4. The van der Waals surface area contributed by atoms with Crippen molar-refractivity contribution in [2.24, 2.45) is 0 Å². The molecule has 1 saturated heterocycles. The van der Waals surface area contributed by atoms with Gasteiger partial charge in [0.05, 0.1) is 22.4 Å². The first kappa shape index (κ1) is 29.7. The lowest BCUT2D eigenvalue weighted by atomic mass is 9.89. The molecule has 42 heavy (non-hydrogen) atoms. The molecule has 1 unspecified atom stereocenters. The molecule has 1 aliphatic heterocycles. The summed E-state index contributed by atoms with van der Waals surface area (Å²) in [4.78, 5) is 13.4. The number of rotatable bonds is 7. The number of benzene rings is 3. The Morgan fingerprint density at radius 3 is 2.40 bits per heavy atom. The van der Waals surface area contributed by atoms with Crippen LogP contribution in [0.5, 0.6) is 0 Å². The van der Waals surface area contributed by atoms with Gasteiger partial charge in [0.1, 0.15) is 17.2 Å². The topological polar surface area (TPSA) is 117 Å². The van der Waals surface area contributed by atoms with Gasteiger partial charge < -0.3 is 9.73 Å². The Hall–Kier alpha value is -3.74. The molecule has 9 nitrogen and oxygen atoms in total. The lowest BCUT2D eigenvalue weighted by molar-refractivity contribution is 0.0964. The number of nitrogens with one attached hydrogen (secondary N) is 1. The molecule has 0 spiro atoms. The van der Waals surface area contributed by atoms with Gasteiger partial charge in [0.15, 0.2) is 0 Å². The maximum absolute atomic E-state index is 13.7. The van der Waals surface area contributed by atoms with Crippen molar-refractivity contribution in [3.05, 3.63) is 83.2 Å². The van der Waals surface area contributed by atoms with Crippen molar-refractivity contribution in [1.82, 2.24) is 9.62 Å². The third-order valence-corrected chi connectivity index (χ3v) is 11.0. The van der Waals surface area contributed by atoms with Crippen LogP contribution in [0.4, 0.5) is 10.1 Å². The molecule has 4 aromatic rings. The van der Waals surface area contributed by atoms with Crippen molar-refractivity contribution in [3.8, 4) is 11.3 Å². The minimum atomic E-state index is -3.81. The summed E-state index contributed by atoms with van der Waals surface area (Å²) in [5, 5.41) is 3.06. The third kappa shape index (κ3) is 5.41. The first-order valence-electron chi connectivity index (χ1n) is 13.4. The highest BCUT2D eigenvalue weighted by molar-refractivity contribution is 7.92. The Labute approximate surface area is 245 Å². The number of hydrogen-bond acceptors (Lipinski definition) is 6. The Bertz CT molecular complexity index is 1890. The molecule has 222 valence electrons. The van der Waals surface area contributed by atoms with Crippen LogP contribution in [0.2, 0.25) is 0 Å². The summed E-state index contributed by atoms with van der Waals surface area (Å²) in [6.45, 7) is 2.21. The molecule has 0 radical (unpaired) electrons. The maximum atomic E-state index is 13.7. The van der Waals surface area contributed by atoms with Gasteiger partial charge in [-0.25, -0.2) is 21.2 Å². The van der Waals surface area contributed by atoms with Crippen molar-refractivity contribution < 1.29 is 30.4 Å². The summed E-state index contributed by atoms with van der Waals surface area (Å²) < 4.78 is 75.1. The van der Waals surface area contributed by atoms with Crippen LogP contribution in [0.1, 0.15) is 40.2 Å². The lowest BCUT2D eigenvalue weighted by Crippen LogP contribution is -2.39. The van der Waals surface area contributed by atoms with Gasteiger partial charge in [-0.3, -0.25) is 9.10 Å². The molecular weight excluding hydrogens is 581 g/mol. The molecule has 1 atom stereocenters. The van der Waals surface area contributed by atoms with E-state index in [1.807, 2.05) is 0 Å². The highest BCUT2D eigenvalue weighted by Crippen LogP contribution is 2.42. The van der Waals surface area contributed by atoms with E-state index in [0.717, 1.165) is 10.6 Å². The minimum absolute atomic E-state index is 0.130. The summed E-state index contributed by atoms with van der Waals surface area (Å²) in [7, 11) is -4.62. The number of hydrogen-bond donors (Lipinski definition) is 1. The molecule has 2 heterocycles. The van der Waals surface area contributed by atoms with Gasteiger partial charge in [0.25, 0.3) is 5.91 Å². The number of sulfonamides is 2. The van der Waals surface area contributed by atoms with Crippen molar-refractivity contribution in [1.29, 1.82) is 0 Å². The molecule has 1 aliphatic rings. The molecule has 1 N–H and O–H groups in total. The normalized spacial score (nSPS) is 16.5. The average molecular weight is 614 g/mol. The van der Waals surface area contributed by atoms with Crippen molar-refractivity contribution in [3.63, 3.8) is 0 Å². The molecule has 5 rings (SSSR count). The lowest BCUT2D eigenvalue weighted by Gasteiger charge is -2.34. The fraction of sp³-hybridized carbons (Fsp3) is 0.300. The number of carbonyl (C=O) groups is 1. The van der Waals surface area contributed by atoms with Crippen molar-refractivity contribution in [2.75, 3.05) is 37.7 Å². The molecule has 1 amide bonds. The summed E-state index contributed by atoms with van der Waals surface area (Å²) in [6.07, 6.45) is 2.25. The number of anilines is 1. The smallest absolute Gasteiger partial charge is 0.255 e. The van der Waals surface area contributed by atoms with Gasteiger partial charge in [0.2, 0.25) is 20.0 Å². The summed E-state index contributed by atoms with van der Waals surface area (Å²) >= 11 is 0. The number of piperidine rings is 1. The molecule has 12 heteroatoms. The van der Waals surface area contributed by atoms with Crippen LogP contribution >= 0.6 is 0 Å². The Morgan fingerprint density at radius 2 is 1.76 bits per heavy atom. The van der Waals surface area contributed by atoms with E-state index in [1.165, 1.54) is 42.7 Å². The van der Waals surface area contributed by atoms with Crippen LogP contribution in [0.15, 0.2) is 70.0 Å². The van der Waals surface area contributed by atoms with Crippen LogP contribution in [0.3, 0.4) is 0 Å². The van der Waals surface area contributed by atoms with Gasteiger partial charge in [-0.05, 0) is 73.2 Å². The number of fused-ring (bicyclic) bond motifs is 1.